The van der Waals surface area contributed by atoms with Gasteiger partial charge in [-0.2, -0.15) is 5.26 Å². The first-order valence-corrected chi connectivity index (χ1v) is 5.17. The molecule has 1 saturated heterocycles. The van der Waals surface area contributed by atoms with Crippen LogP contribution in [0.4, 0.5) is 0 Å². The zero-order chi connectivity index (χ0) is 10.4. The van der Waals surface area contributed by atoms with E-state index >= 15 is 0 Å². The molecule has 0 spiro atoms. The molecule has 1 aliphatic rings. The summed E-state index contributed by atoms with van der Waals surface area (Å²) < 4.78 is 5.60. The molecule has 4 heteroatoms. The summed E-state index contributed by atoms with van der Waals surface area (Å²) in [7, 11) is 1.98. The molecule has 14 heavy (non-hydrogen) atoms. The zero-order valence-corrected chi connectivity index (χ0v) is 8.78. The Bertz CT molecular complexity index is 196. The molecule has 0 saturated carbocycles. The number of ether oxygens (including phenoxy) is 1. The average Bonchev–Trinajstić information content (AvgIpc) is 2.19. The van der Waals surface area contributed by atoms with Gasteiger partial charge in [-0.1, -0.05) is 0 Å². The fourth-order valence-electron chi connectivity index (χ4n) is 1.75. The van der Waals surface area contributed by atoms with Gasteiger partial charge >= 0.3 is 0 Å². The fraction of sp³-hybridized carbons (Fsp3) is 0.900. The van der Waals surface area contributed by atoms with Gasteiger partial charge in [0.05, 0.1) is 12.2 Å². The van der Waals surface area contributed by atoms with Crippen LogP contribution in [0.5, 0.6) is 0 Å². The van der Waals surface area contributed by atoms with E-state index in [9.17, 15) is 0 Å². The van der Waals surface area contributed by atoms with E-state index < -0.39 is 0 Å². The Hall–Kier alpha value is -0.630. The number of nitriles is 1. The lowest BCUT2D eigenvalue weighted by Crippen LogP contribution is -2.39. The van der Waals surface area contributed by atoms with Crippen molar-refractivity contribution < 1.29 is 4.74 Å². The van der Waals surface area contributed by atoms with Crippen molar-refractivity contribution in [3.8, 4) is 6.07 Å². The SMILES string of the molecule is CN(CC(N)C#N)CC1CCCCO1. The molecule has 0 aromatic carbocycles. The van der Waals surface area contributed by atoms with E-state index in [2.05, 4.69) is 4.90 Å². The summed E-state index contributed by atoms with van der Waals surface area (Å²) in [5.41, 5.74) is 5.54. The van der Waals surface area contributed by atoms with Crippen LogP contribution in [0.3, 0.4) is 0 Å². The lowest BCUT2D eigenvalue weighted by molar-refractivity contribution is -0.00156. The number of nitrogens with zero attached hydrogens (tertiary/aromatic N) is 2. The Kier molecular flexibility index (Phi) is 4.88. The third kappa shape index (κ3) is 4.05. The molecule has 0 aromatic rings. The van der Waals surface area contributed by atoms with Crippen molar-refractivity contribution in [3.63, 3.8) is 0 Å². The smallest absolute Gasteiger partial charge is 0.106 e. The maximum absolute atomic E-state index is 8.56. The van der Waals surface area contributed by atoms with Crippen molar-refractivity contribution in [1.82, 2.24) is 4.90 Å². The summed E-state index contributed by atoms with van der Waals surface area (Å²) in [6.45, 7) is 2.38. The van der Waals surface area contributed by atoms with Crippen LogP contribution in [-0.2, 0) is 4.74 Å². The highest BCUT2D eigenvalue weighted by atomic mass is 16.5. The van der Waals surface area contributed by atoms with Crippen molar-refractivity contribution in [2.45, 2.75) is 31.4 Å². The second kappa shape index (κ2) is 5.97. The average molecular weight is 197 g/mol. The Morgan fingerprint density at radius 1 is 1.64 bits per heavy atom. The molecule has 0 radical (unpaired) electrons. The summed E-state index contributed by atoms with van der Waals surface area (Å²) >= 11 is 0. The topological polar surface area (TPSA) is 62.3 Å². The van der Waals surface area contributed by atoms with Crippen LogP contribution in [0.1, 0.15) is 19.3 Å². The van der Waals surface area contributed by atoms with Gasteiger partial charge in [-0.15, -0.1) is 0 Å². The predicted octanol–water partition coefficient (Wildman–Crippen LogP) is 0.338. The lowest BCUT2D eigenvalue weighted by Gasteiger charge is -2.27. The molecule has 80 valence electrons. The van der Waals surface area contributed by atoms with E-state index in [-0.39, 0.29) is 6.04 Å². The van der Waals surface area contributed by atoms with Crippen molar-refractivity contribution in [2.24, 2.45) is 5.73 Å². The van der Waals surface area contributed by atoms with E-state index in [1.807, 2.05) is 13.1 Å². The van der Waals surface area contributed by atoms with Gasteiger partial charge in [0.1, 0.15) is 6.04 Å². The molecule has 1 heterocycles. The van der Waals surface area contributed by atoms with Gasteiger partial charge in [0.2, 0.25) is 0 Å². The maximum Gasteiger partial charge on any atom is 0.106 e. The van der Waals surface area contributed by atoms with Crippen molar-refractivity contribution in [3.05, 3.63) is 0 Å². The second-order valence-corrected chi connectivity index (χ2v) is 3.95. The highest BCUT2D eigenvalue weighted by Gasteiger charge is 2.16. The molecular weight excluding hydrogens is 178 g/mol. The molecule has 2 atom stereocenters. The normalized spacial score (nSPS) is 24.6. The number of rotatable bonds is 4. The van der Waals surface area contributed by atoms with Crippen LogP contribution in [0.15, 0.2) is 0 Å². The summed E-state index contributed by atoms with van der Waals surface area (Å²) in [6.07, 6.45) is 3.90. The van der Waals surface area contributed by atoms with Crippen molar-refractivity contribution in [1.29, 1.82) is 5.26 Å². The Labute approximate surface area is 85.6 Å². The molecule has 0 aliphatic carbocycles. The van der Waals surface area contributed by atoms with E-state index in [0.29, 0.717) is 12.6 Å². The second-order valence-electron chi connectivity index (χ2n) is 3.95. The molecular formula is C10H19N3O. The van der Waals surface area contributed by atoms with Crippen molar-refractivity contribution >= 4 is 0 Å². The van der Waals surface area contributed by atoms with E-state index in [4.69, 9.17) is 15.7 Å². The van der Waals surface area contributed by atoms with Gasteiger partial charge in [-0.3, -0.25) is 0 Å². The predicted molar refractivity (Wildman–Crippen MR) is 54.7 cm³/mol. The lowest BCUT2D eigenvalue weighted by atomic mass is 10.1. The van der Waals surface area contributed by atoms with E-state index in [1.54, 1.807) is 0 Å². The summed E-state index contributed by atoms with van der Waals surface area (Å²) in [6, 6.07) is 1.64. The minimum absolute atomic E-state index is 0.333. The summed E-state index contributed by atoms with van der Waals surface area (Å²) in [5, 5.41) is 8.56. The van der Waals surface area contributed by atoms with Gasteiger partial charge in [-0.25, -0.2) is 0 Å². The first-order chi connectivity index (χ1) is 6.72. The highest BCUT2D eigenvalue weighted by Crippen LogP contribution is 2.13. The molecule has 2 N–H and O–H groups in total. The molecule has 4 nitrogen and oxygen atoms in total. The van der Waals surface area contributed by atoms with Gasteiger partial charge < -0.3 is 15.4 Å². The highest BCUT2D eigenvalue weighted by molar-refractivity contribution is 4.88. The molecule has 1 aliphatic heterocycles. The van der Waals surface area contributed by atoms with Crippen LogP contribution in [0.2, 0.25) is 0 Å². The monoisotopic (exact) mass is 197 g/mol. The maximum atomic E-state index is 8.56. The first kappa shape index (κ1) is 11.4. The first-order valence-electron chi connectivity index (χ1n) is 5.17. The Morgan fingerprint density at radius 3 is 3.00 bits per heavy atom. The minimum atomic E-state index is -0.386. The van der Waals surface area contributed by atoms with Gasteiger partial charge in [0.15, 0.2) is 0 Å². The van der Waals surface area contributed by atoms with Crippen molar-refractivity contribution in [2.75, 3.05) is 26.7 Å². The molecule has 0 amide bonds. The Morgan fingerprint density at radius 2 is 2.43 bits per heavy atom. The van der Waals surface area contributed by atoms with Crippen LogP contribution in [-0.4, -0.2) is 43.8 Å². The minimum Gasteiger partial charge on any atom is -0.377 e. The number of likely N-dealkylation sites (N-methyl/N-ethyl adjacent to an activating group) is 1. The number of hydrogen-bond acceptors (Lipinski definition) is 4. The fourth-order valence-corrected chi connectivity index (χ4v) is 1.75. The molecule has 1 rings (SSSR count). The van der Waals surface area contributed by atoms with Crippen LogP contribution in [0, 0.1) is 11.3 Å². The van der Waals surface area contributed by atoms with Crippen LogP contribution < -0.4 is 5.73 Å². The van der Waals surface area contributed by atoms with Gasteiger partial charge in [0, 0.05) is 19.7 Å². The largest absolute Gasteiger partial charge is 0.377 e. The van der Waals surface area contributed by atoms with Crippen LogP contribution in [0.25, 0.3) is 0 Å². The number of nitrogens with two attached hydrogens (primary N) is 1. The molecule has 0 aromatic heterocycles. The van der Waals surface area contributed by atoms with E-state index in [1.165, 1.54) is 12.8 Å². The molecule has 1 fully saturated rings. The summed E-state index contributed by atoms with van der Waals surface area (Å²) in [4.78, 5) is 2.07. The number of hydrogen-bond donors (Lipinski definition) is 1. The van der Waals surface area contributed by atoms with E-state index in [0.717, 1.165) is 19.6 Å². The van der Waals surface area contributed by atoms with Crippen LogP contribution >= 0.6 is 0 Å². The standard InChI is InChI=1S/C10H19N3O/c1-13(7-9(12)6-11)8-10-4-2-3-5-14-10/h9-10H,2-5,7-8,12H2,1H3. The quantitative estimate of drug-likeness (QED) is 0.706. The molecule has 2 unspecified atom stereocenters. The zero-order valence-electron chi connectivity index (χ0n) is 8.78. The summed E-state index contributed by atoms with van der Waals surface area (Å²) in [5.74, 6) is 0. The molecule has 0 bridgehead atoms. The third-order valence-corrected chi connectivity index (χ3v) is 2.46. The van der Waals surface area contributed by atoms with Gasteiger partial charge in [-0.05, 0) is 26.3 Å². The Balaban J connectivity index is 2.18. The third-order valence-electron chi connectivity index (χ3n) is 2.46. The van der Waals surface area contributed by atoms with Gasteiger partial charge in [0.25, 0.3) is 0 Å².